The van der Waals surface area contributed by atoms with Crippen molar-refractivity contribution in [2.24, 2.45) is 0 Å². The van der Waals surface area contributed by atoms with Crippen LogP contribution in [0.4, 0.5) is 0 Å². The van der Waals surface area contributed by atoms with E-state index in [0.717, 1.165) is 16.7 Å². The van der Waals surface area contributed by atoms with Gasteiger partial charge in [0.2, 0.25) is 0 Å². The molecule has 0 radical (unpaired) electrons. The number of H-pyrrole nitrogens is 1. The van der Waals surface area contributed by atoms with Crippen molar-refractivity contribution in [1.82, 2.24) is 9.97 Å². The van der Waals surface area contributed by atoms with Gasteiger partial charge in [0.15, 0.2) is 0 Å². The highest BCUT2D eigenvalue weighted by atomic mass is 79.9. The van der Waals surface area contributed by atoms with Crippen molar-refractivity contribution in [2.45, 2.75) is 5.33 Å². The molecule has 0 aliphatic heterocycles. The van der Waals surface area contributed by atoms with Crippen LogP contribution in [0.1, 0.15) is 5.69 Å². The van der Waals surface area contributed by atoms with Gasteiger partial charge in [0.1, 0.15) is 0 Å². The predicted octanol–water partition coefficient (Wildman–Crippen LogP) is 3.55. The average molecular weight is 318 g/mol. The van der Waals surface area contributed by atoms with Gasteiger partial charge < -0.3 is 4.98 Å². The Kier molecular flexibility index (Phi) is 4.35. The summed E-state index contributed by atoms with van der Waals surface area (Å²) in [6.07, 6.45) is 1.72. The molecule has 1 aromatic carbocycles. The van der Waals surface area contributed by atoms with Gasteiger partial charge in [-0.25, -0.2) is 4.98 Å². The van der Waals surface area contributed by atoms with Crippen LogP contribution in [-0.2, 0) is 5.33 Å². The second kappa shape index (κ2) is 5.32. The summed E-state index contributed by atoms with van der Waals surface area (Å²) in [6.45, 7) is 0. The van der Waals surface area contributed by atoms with Crippen molar-refractivity contribution in [3.05, 3.63) is 42.4 Å². The van der Waals surface area contributed by atoms with Gasteiger partial charge in [-0.15, -0.1) is 17.0 Å². The zero-order valence-electron chi connectivity index (χ0n) is 7.40. The van der Waals surface area contributed by atoms with Gasteiger partial charge in [0.05, 0.1) is 17.7 Å². The van der Waals surface area contributed by atoms with Crippen LogP contribution >= 0.6 is 32.9 Å². The Morgan fingerprint density at radius 3 is 2.57 bits per heavy atom. The van der Waals surface area contributed by atoms with Gasteiger partial charge in [0.25, 0.3) is 0 Å². The number of nitrogens with zero attached hydrogens (tertiary/aromatic N) is 1. The first-order valence-corrected chi connectivity index (χ1v) is 5.17. The maximum Gasteiger partial charge on any atom is 0.0928 e. The van der Waals surface area contributed by atoms with Crippen molar-refractivity contribution in [3.63, 3.8) is 0 Å². The first-order chi connectivity index (χ1) is 6.42. The summed E-state index contributed by atoms with van der Waals surface area (Å²) in [5, 5.41) is 0.778. The fraction of sp³-hybridized carbons (Fsp3) is 0.100. The Morgan fingerprint density at radius 1 is 1.21 bits per heavy atom. The first-order valence-electron chi connectivity index (χ1n) is 4.05. The summed E-state index contributed by atoms with van der Waals surface area (Å²) in [6, 6.07) is 10.2. The van der Waals surface area contributed by atoms with Gasteiger partial charge in [0, 0.05) is 5.33 Å². The minimum Gasteiger partial charge on any atom is -0.344 e. The maximum atomic E-state index is 4.21. The lowest BCUT2D eigenvalue weighted by molar-refractivity contribution is 1.24. The Bertz CT molecular complexity index is 384. The van der Waals surface area contributed by atoms with Gasteiger partial charge in [-0.2, -0.15) is 0 Å². The second-order valence-corrected chi connectivity index (χ2v) is 3.28. The molecule has 0 bridgehead atoms. The minimum atomic E-state index is 0. The van der Waals surface area contributed by atoms with E-state index in [4.69, 9.17) is 0 Å². The van der Waals surface area contributed by atoms with E-state index >= 15 is 0 Å². The van der Waals surface area contributed by atoms with Gasteiger partial charge in [-0.1, -0.05) is 46.3 Å². The fourth-order valence-electron chi connectivity index (χ4n) is 1.28. The van der Waals surface area contributed by atoms with E-state index in [-0.39, 0.29) is 17.0 Å². The number of alkyl halides is 1. The predicted molar refractivity (Wildman–Crippen MR) is 67.0 cm³/mol. The second-order valence-electron chi connectivity index (χ2n) is 2.72. The third-order valence-electron chi connectivity index (χ3n) is 1.91. The number of halogens is 2. The molecule has 2 rings (SSSR count). The van der Waals surface area contributed by atoms with Gasteiger partial charge in [-0.3, -0.25) is 0 Å². The lowest BCUT2D eigenvalue weighted by atomic mass is 10.1. The largest absolute Gasteiger partial charge is 0.344 e. The van der Waals surface area contributed by atoms with Crippen LogP contribution in [0.2, 0.25) is 0 Å². The molecule has 0 saturated carbocycles. The summed E-state index contributed by atoms with van der Waals surface area (Å²) >= 11 is 3.40. The summed E-state index contributed by atoms with van der Waals surface area (Å²) in [5.41, 5.74) is 3.32. The molecule has 74 valence electrons. The topological polar surface area (TPSA) is 28.7 Å². The smallest absolute Gasteiger partial charge is 0.0928 e. The van der Waals surface area contributed by atoms with E-state index in [1.165, 1.54) is 5.56 Å². The number of aromatic amines is 1. The molecule has 14 heavy (non-hydrogen) atoms. The molecule has 1 N–H and O–H groups in total. The molecule has 0 amide bonds. The molecular weight excluding hydrogens is 308 g/mol. The number of hydrogen-bond acceptors (Lipinski definition) is 1. The van der Waals surface area contributed by atoms with Crippen molar-refractivity contribution < 1.29 is 0 Å². The van der Waals surface area contributed by atoms with E-state index in [9.17, 15) is 0 Å². The third kappa shape index (κ3) is 2.25. The zero-order valence-corrected chi connectivity index (χ0v) is 10.7. The molecular formula is C10H10Br2N2. The molecule has 0 aliphatic carbocycles. The molecule has 0 unspecified atom stereocenters. The average Bonchev–Trinajstić information content (AvgIpc) is 2.67. The van der Waals surface area contributed by atoms with Crippen molar-refractivity contribution in [2.75, 3.05) is 0 Å². The summed E-state index contributed by atoms with van der Waals surface area (Å²) in [4.78, 5) is 7.34. The number of aromatic nitrogens is 2. The van der Waals surface area contributed by atoms with Crippen LogP contribution in [0.5, 0.6) is 0 Å². The highest BCUT2D eigenvalue weighted by Gasteiger charge is 2.04. The Morgan fingerprint density at radius 2 is 1.93 bits per heavy atom. The van der Waals surface area contributed by atoms with E-state index in [1.807, 2.05) is 18.2 Å². The van der Waals surface area contributed by atoms with Crippen molar-refractivity contribution in [3.8, 4) is 11.3 Å². The fourth-order valence-corrected chi connectivity index (χ4v) is 1.70. The number of hydrogen-bond donors (Lipinski definition) is 1. The molecule has 1 heterocycles. The SMILES string of the molecule is Br.BrCc1nc[nH]c1-c1ccccc1. The first kappa shape index (κ1) is 11.5. The molecule has 4 heteroatoms. The minimum absolute atomic E-state index is 0. The summed E-state index contributed by atoms with van der Waals surface area (Å²) in [7, 11) is 0. The van der Waals surface area contributed by atoms with E-state index in [1.54, 1.807) is 6.33 Å². The molecule has 0 saturated heterocycles. The number of nitrogens with one attached hydrogen (secondary N) is 1. The highest BCUT2D eigenvalue weighted by molar-refractivity contribution is 9.08. The Labute approximate surface area is 102 Å². The molecule has 1 aromatic heterocycles. The summed E-state index contributed by atoms with van der Waals surface area (Å²) < 4.78 is 0. The Balaban J connectivity index is 0.000000980. The van der Waals surface area contributed by atoms with Crippen LogP contribution in [0.25, 0.3) is 11.3 Å². The maximum absolute atomic E-state index is 4.21. The quantitative estimate of drug-likeness (QED) is 0.843. The van der Waals surface area contributed by atoms with Crippen LogP contribution < -0.4 is 0 Å². The molecule has 0 spiro atoms. The van der Waals surface area contributed by atoms with Crippen LogP contribution in [0.15, 0.2) is 36.7 Å². The van der Waals surface area contributed by atoms with E-state index < -0.39 is 0 Å². The Hall–Kier alpha value is -0.610. The third-order valence-corrected chi connectivity index (χ3v) is 2.44. The normalized spacial score (nSPS) is 9.50. The molecule has 0 atom stereocenters. The van der Waals surface area contributed by atoms with Crippen LogP contribution in [0, 0.1) is 0 Å². The standard InChI is InChI=1S/C10H9BrN2.BrH/c11-6-9-10(13-7-12-9)8-4-2-1-3-5-8;/h1-5,7H,6H2,(H,12,13);1H. The van der Waals surface area contributed by atoms with Crippen LogP contribution in [0.3, 0.4) is 0 Å². The molecule has 0 fully saturated rings. The number of rotatable bonds is 2. The monoisotopic (exact) mass is 316 g/mol. The van der Waals surface area contributed by atoms with E-state index in [2.05, 4.69) is 38.0 Å². The van der Waals surface area contributed by atoms with Gasteiger partial charge >= 0.3 is 0 Å². The highest BCUT2D eigenvalue weighted by Crippen LogP contribution is 2.21. The number of imidazole rings is 1. The lowest BCUT2D eigenvalue weighted by Crippen LogP contribution is -1.83. The van der Waals surface area contributed by atoms with Gasteiger partial charge in [-0.05, 0) is 5.56 Å². The zero-order chi connectivity index (χ0) is 9.10. The molecule has 0 aliphatic rings. The lowest BCUT2D eigenvalue weighted by Gasteiger charge is -1.98. The van der Waals surface area contributed by atoms with Crippen molar-refractivity contribution >= 4 is 32.9 Å². The van der Waals surface area contributed by atoms with E-state index in [0.29, 0.717) is 0 Å². The summed E-state index contributed by atoms with van der Waals surface area (Å²) in [5.74, 6) is 0. The van der Waals surface area contributed by atoms with Crippen LogP contribution in [-0.4, -0.2) is 9.97 Å². The number of benzene rings is 1. The van der Waals surface area contributed by atoms with Crippen molar-refractivity contribution in [1.29, 1.82) is 0 Å². The molecule has 2 nitrogen and oxygen atoms in total. The molecule has 2 aromatic rings.